The number of amides is 1. The van der Waals surface area contributed by atoms with Crippen LogP contribution in [-0.2, 0) is 4.79 Å². The molecule has 0 saturated carbocycles. The molecule has 0 spiro atoms. The third-order valence-electron chi connectivity index (χ3n) is 3.86. The van der Waals surface area contributed by atoms with Gasteiger partial charge in [0.25, 0.3) is 5.91 Å². The second kappa shape index (κ2) is 8.01. The van der Waals surface area contributed by atoms with Crippen molar-refractivity contribution in [3.8, 4) is 0 Å². The van der Waals surface area contributed by atoms with Crippen LogP contribution in [0.1, 0.15) is 18.5 Å². The van der Waals surface area contributed by atoms with Gasteiger partial charge in [-0.25, -0.2) is 0 Å². The van der Waals surface area contributed by atoms with Gasteiger partial charge in [-0.15, -0.1) is 11.8 Å². The quantitative estimate of drug-likeness (QED) is 0.804. The summed E-state index contributed by atoms with van der Waals surface area (Å²) in [7, 11) is 2.05. The van der Waals surface area contributed by atoms with Gasteiger partial charge in [0.15, 0.2) is 6.54 Å². The Bertz CT molecular complexity index is 615. The van der Waals surface area contributed by atoms with Crippen LogP contribution >= 0.6 is 11.8 Å². The number of hydrogen-bond acceptors (Lipinski definition) is 2. The van der Waals surface area contributed by atoms with E-state index in [4.69, 9.17) is 0 Å². The zero-order chi connectivity index (χ0) is 15.9. The van der Waals surface area contributed by atoms with Crippen LogP contribution in [0.4, 0.5) is 5.69 Å². The lowest BCUT2D eigenvalue weighted by molar-refractivity contribution is -0.902. The SMILES string of the molecule is CSc1ccccc1NC(=O)C[NH+](C)[C@H](C)c1ccccc1. The normalized spacial score (nSPS) is 13.4. The maximum Gasteiger partial charge on any atom is 0.279 e. The van der Waals surface area contributed by atoms with Crippen LogP contribution in [0.25, 0.3) is 0 Å². The fraction of sp³-hybridized carbons (Fsp3) is 0.278. The molecule has 0 aliphatic heterocycles. The van der Waals surface area contributed by atoms with Crippen LogP contribution in [0.2, 0.25) is 0 Å². The summed E-state index contributed by atoms with van der Waals surface area (Å²) in [6.07, 6.45) is 2.01. The van der Waals surface area contributed by atoms with E-state index >= 15 is 0 Å². The number of rotatable bonds is 6. The number of carbonyl (C=O) groups is 1. The van der Waals surface area contributed by atoms with Gasteiger partial charge in [0.05, 0.1) is 12.7 Å². The molecule has 2 aromatic carbocycles. The van der Waals surface area contributed by atoms with Crippen LogP contribution in [0.5, 0.6) is 0 Å². The summed E-state index contributed by atoms with van der Waals surface area (Å²) in [5.41, 5.74) is 2.14. The molecule has 2 aromatic rings. The first kappa shape index (κ1) is 16.6. The fourth-order valence-corrected chi connectivity index (χ4v) is 2.93. The van der Waals surface area contributed by atoms with Gasteiger partial charge < -0.3 is 10.2 Å². The Kier molecular flexibility index (Phi) is 6.04. The minimum absolute atomic E-state index is 0.0433. The van der Waals surface area contributed by atoms with Crippen molar-refractivity contribution in [3.63, 3.8) is 0 Å². The van der Waals surface area contributed by atoms with E-state index in [1.807, 2.05) is 48.7 Å². The highest BCUT2D eigenvalue weighted by Crippen LogP contribution is 2.24. The highest BCUT2D eigenvalue weighted by atomic mass is 32.2. The maximum atomic E-state index is 12.3. The second-order valence-electron chi connectivity index (χ2n) is 5.40. The topological polar surface area (TPSA) is 33.5 Å². The van der Waals surface area contributed by atoms with Gasteiger partial charge in [0.1, 0.15) is 6.04 Å². The molecule has 0 saturated heterocycles. The molecule has 4 heteroatoms. The van der Waals surface area contributed by atoms with Crippen LogP contribution in [0.15, 0.2) is 59.5 Å². The standard InChI is InChI=1S/C18H22N2OS/c1-14(15-9-5-4-6-10-15)20(2)13-18(21)19-16-11-7-8-12-17(16)22-3/h4-12,14H,13H2,1-3H3,(H,19,21)/p+1/t14-/m1/s1. The minimum Gasteiger partial charge on any atom is -0.324 e. The Morgan fingerprint density at radius 3 is 2.45 bits per heavy atom. The Balaban J connectivity index is 1.97. The third kappa shape index (κ3) is 4.36. The Hall–Kier alpha value is -1.78. The molecule has 22 heavy (non-hydrogen) atoms. The van der Waals surface area contributed by atoms with Crippen molar-refractivity contribution in [2.24, 2.45) is 0 Å². The zero-order valence-corrected chi connectivity index (χ0v) is 14.1. The number of anilines is 1. The molecule has 0 aromatic heterocycles. The van der Waals surface area contributed by atoms with Crippen LogP contribution in [0.3, 0.4) is 0 Å². The highest BCUT2D eigenvalue weighted by molar-refractivity contribution is 7.98. The molecule has 116 valence electrons. The number of likely N-dealkylation sites (N-methyl/N-ethyl adjacent to an activating group) is 1. The number of para-hydroxylation sites is 1. The predicted molar refractivity (Wildman–Crippen MR) is 93.5 cm³/mol. The summed E-state index contributed by atoms with van der Waals surface area (Å²) in [5.74, 6) is 0.0433. The van der Waals surface area contributed by atoms with Crippen LogP contribution < -0.4 is 10.2 Å². The first-order valence-electron chi connectivity index (χ1n) is 7.42. The molecule has 0 heterocycles. The molecular formula is C18H23N2OS+. The number of hydrogen-bond donors (Lipinski definition) is 2. The molecule has 2 rings (SSSR count). The largest absolute Gasteiger partial charge is 0.324 e. The smallest absolute Gasteiger partial charge is 0.279 e. The lowest BCUT2D eigenvalue weighted by atomic mass is 10.1. The van der Waals surface area contributed by atoms with Crippen molar-refractivity contribution in [1.82, 2.24) is 0 Å². The summed E-state index contributed by atoms with van der Waals surface area (Å²) in [6, 6.07) is 18.5. The van der Waals surface area contributed by atoms with Gasteiger partial charge in [-0.05, 0) is 25.3 Å². The van der Waals surface area contributed by atoms with Crippen molar-refractivity contribution >= 4 is 23.4 Å². The summed E-state index contributed by atoms with van der Waals surface area (Å²) in [5, 5.41) is 3.02. The molecule has 3 nitrogen and oxygen atoms in total. The molecule has 0 bridgehead atoms. The molecule has 0 aliphatic carbocycles. The highest BCUT2D eigenvalue weighted by Gasteiger charge is 2.18. The van der Waals surface area contributed by atoms with Gasteiger partial charge >= 0.3 is 0 Å². The number of nitrogens with one attached hydrogen (secondary N) is 2. The van der Waals surface area contributed by atoms with Gasteiger partial charge in [-0.3, -0.25) is 4.79 Å². The number of benzene rings is 2. The van der Waals surface area contributed by atoms with Crippen LogP contribution in [0, 0.1) is 0 Å². The Morgan fingerprint density at radius 2 is 1.77 bits per heavy atom. The van der Waals surface area contributed by atoms with Crippen molar-refractivity contribution in [2.75, 3.05) is 25.2 Å². The monoisotopic (exact) mass is 315 g/mol. The van der Waals surface area contributed by atoms with Gasteiger partial charge in [0, 0.05) is 10.5 Å². The molecule has 1 amide bonds. The predicted octanol–water partition coefficient (Wildman–Crippen LogP) is 2.62. The Morgan fingerprint density at radius 1 is 1.14 bits per heavy atom. The summed E-state index contributed by atoms with van der Waals surface area (Å²) in [6.45, 7) is 2.59. The van der Waals surface area contributed by atoms with E-state index in [1.165, 1.54) is 10.5 Å². The van der Waals surface area contributed by atoms with E-state index in [2.05, 4.69) is 31.4 Å². The van der Waals surface area contributed by atoms with E-state index < -0.39 is 0 Å². The molecule has 0 fully saturated rings. The van der Waals surface area contributed by atoms with Gasteiger partial charge in [-0.1, -0.05) is 42.5 Å². The van der Waals surface area contributed by atoms with E-state index in [-0.39, 0.29) is 11.9 Å². The van der Waals surface area contributed by atoms with E-state index in [0.29, 0.717) is 6.54 Å². The lowest BCUT2D eigenvalue weighted by Crippen LogP contribution is -3.10. The van der Waals surface area contributed by atoms with E-state index in [1.54, 1.807) is 11.8 Å². The summed E-state index contributed by atoms with van der Waals surface area (Å²) in [4.78, 5) is 14.5. The van der Waals surface area contributed by atoms with Crippen LogP contribution in [-0.4, -0.2) is 25.8 Å². The van der Waals surface area contributed by atoms with Crippen molar-refractivity contribution in [3.05, 3.63) is 60.2 Å². The molecule has 1 unspecified atom stereocenters. The first-order valence-corrected chi connectivity index (χ1v) is 8.64. The zero-order valence-electron chi connectivity index (χ0n) is 13.3. The second-order valence-corrected chi connectivity index (χ2v) is 6.25. The summed E-state index contributed by atoms with van der Waals surface area (Å²) >= 11 is 1.64. The first-order chi connectivity index (χ1) is 10.6. The average molecular weight is 315 g/mol. The minimum atomic E-state index is 0.0433. The van der Waals surface area contributed by atoms with E-state index in [0.717, 1.165) is 10.6 Å². The fourth-order valence-electron chi connectivity index (χ4n) is 2.37. The average Bonchev–Trinajstić information content (AvgIpc) is 2.55. The lowest BCUT2D eigenvalue weighted by Gasteiger charge is -2.21. The number of carbonyl (C=O) groups excluding carboxylic acids is 1. The molecule has 0 aliphatic rings. The van der Waals surface area contributed by atoms with E-state index in [9.17, 15) is 4.79 Å². The number of quaternary nitrogens is 1. The third-order valence-corrected chi connectivity index (χ3v) is 4.66. The molecular weight excluding hydrogens is 292 g/mol. The summed E-state index contributed by atoms with van der Waals surface area (Å²) < 4.78 is 0. The van der Waals surface area contributed by atoms with Crippen molar-refractivity contribution < 1.29 is 9.69 Å². The van der Waals surface area contributed by atoms with Crippen molar-refractivity contribution in [2.45, 2.75) is 17.9 Å². The maximum absolute atomic E-state index is 12.3. The van der Waals surface area contributed by atoms with Gasteiger partial charge in [-0.2, -0.15) is 0 Å². The molecule has 0 radical (unpaired) electrons. The molecule has 2 atom stereocenters. The number of thioether (sulfide) groups is 1. The Labute approximate surface area is 136 Å². The molecule has 2 N–H and O–H groups in total. The van der Waals surface area contributed by atoms with Crippen molar-refractivity contribution in [1.29, 1.82) is 0 Å². The van der Waals surface area contributed by atoms with Gasteiger partial charge in [0.2, 0.25) is 0 Å².